The van der Waals surface area contributed by atoms with Gasteiger partial charge in [0, 0.05) is 35.2 Å². The lowest BCUT2D eigenvalue weighted by Gasteiger charge is -2.12. The minimum Gasteiger partial charge on any atom is -0.350 e. The van der Waals surface area contributed by atoms with Crippen molar-refractivity contribution in [3.05, 3.63) is 72.1 Å². The summed E-state index contributed by atoms with van der Waals surface area (Å²) in [6.07, 6.45) is 4.48. The summed E-state index contributed by atoms with van der Waals surface area (Å²) in [5.41, 5.74) is 4.63. The van der Waals surface area contributed by atoms with Gasteiger partial charge in [-0.1, -0.05) is 42.8 Å². The maximum absolute atomic E-state index is 12.3. The summed E-state index contributed by atoms with van der Waals surface area (Å²) in [7, 11) is 0. The number of amides is 1. The van der Waals surface area contributed by atoms with E-state index in [2.05, 4.69) is 39.7 Å². The minimum atomic E-state index is -0.0799. The van der Waals surface area contributed by atoms with Crippen LogP contribution < -0.4 is 10.6 Å². The Morgan fingerprint density at radius 2 is 1.78 bits per heavy atom. The van der Waals surface area contributed by atoms with Crippen LogP contribution in [0.15, 0.2) is 60.9 Å². The molecular weight excluding hydrogens is 336 g/mol. The van der Waals surface area contributed by atoms with Gasteiger partial charge in [0.15, 0.2) is 0 Å². The summed E-state index contributed by atoms with van der Waals surface area (Å²) in [5, 5.41) is 6.12. The van der Waals surface area contributed by atoms with Gasteiger partial charge in [-0.3, -0.25) is 4.79 Å². The quantitative estimate of drug-likeness (QED) is 0.667. The molecule has 0 aliphatic carbocycles. The second kappa shape index (κ2) is 8.45. The molecule has 2 N–H and O–H groups in total. The fourth-order valence-electron chi connectivity index (χ4n) is 2.64. The standard InChI is InChI=1S/C22H24N4O/c1-4-16(3)25-21(27)18-9-6-10-20(12-18)26-22-23-13-19(14-24-22)17-8-5-7-15(2)11-17/h5-14,16H,4H2,1-3H3,(H,25,27)(H,23,24,26)/t16-/m0/s1. The van der Waals surface area contributed by atoms with Crippen molar-refractivity contribution in [2.45, 2.75) is 33.2 Å². The third-order valence-electron chi connectivity index (χ3n) is 4.37. The fourth-order valence-corrected chi connectivity index (χ4v) is 2.64. The van der Waals surface area contributed by atoms with E-state index in [9.17, 15) is 4.79 Å². The van der Waals surface area contributed by atoms with E-state index in [1.165, 1.54) is 5.56 Å². The van der Waals surface area contributed by atoms with Gasteiger partial charge in [-0.2, -0.15) is 0 Å². The van der Waals surface area contributed by atoms with Crippen LogP contribution in [0, 0.1) is 6.92 Å². The van der Waals surface area contributed by atoms with Gasteiger partial charge in [0.25, 0.3) is 5.91 Å². The van der Waals surface area contributed by atoms with Crippen LogP contribution in [0.5, 0.6) is 0 Å². The molecule has 1 amide bonds. The third kappa shape index (κ3) is 4.91. The lowest BCUT2D eigenvalue weighted by Crippen LogP contribution is -2.31. The van der Waals surface area contributed by atoms with Crippen molar-refractivity contribution in [3.63, 3.8) is 0 Å². The molecule has 5 nitrogen and oxygen atoms in total. The summed E-state index contributed by atoms with van der Waals surface area (Å²) >= 11 is 0. The first kappa shape index (κ1) is 18.6. The van der Waals surface area contributed by atoms with Crippen molar-refractivity contribution >= 4 is 17.5 Å². The van der Waals surface area contributed by atoms with E-state index >= 15 is 0 Å². The summed E-state index contributed by atoms with van der Waals surface area (Å²) in [6.45, 7) is 6.09. The van der Waals surface area contributed by atoms with Gasteiger partial charge in [0.1, 0.15) is 0 Å². The van der Waals surface area contributed by atoms with E-state index in [0.717, 1.165) is 23.2 Å². The average molecular weight is 360 g/mol. The molecule has 27 heavy (non-hydrogen) atoms. The Balaban J connectivity index is 1.72. The molecule has 0 saturated heterocycles. The van der Waals surface area contributed by atoms with Gasteiger partial charge >= 0.3 is 0 Å². The molecule has 1 aromatic heterocycles. The Kier molecular flexibility index (Phi) is 5.81. The number of rotatable bonds is 6. The molecule has 0 bridgehead atoms. The second-order valence-corrected chi connectivity index (χ2v) is 6.65. The lowest BCUT2D eigenvalue weighted by molar-refractivity contribution is 0.0939. The van der Waals surface area contributed by atoms with Crippen LogP contribution in [-0.4, -0.2) is 21.9 Å². The van der Waals surface area contributed by atoms with Crippen LogP contribution in [0.2, 0.25) is 0 Å². The molecule has 5 heteroatoms. The smallest absolute Gasteiger partial charge is 0.251 e. The maximum atomic E-state index is 12.3. The van der Waals surface area contributed by atoms with Gasteiger partial charge in [-0.05, 0) is 44.0 Å². The monoisotopic (exact) mass is 360 g/mol. The Morgan fingerprint density at radius 3 is 2.48 bits per heavy atom. The Bertz CT molecular complexity index is 922. The number of nitrogens with zero attached hydrogens (tertiary/aromatic N) is 2. The van der Waals surface area contributed by atoms with E-state index in [1.54, 1.807) is 24.5 Å². The number of benzene rings is 2. The largest absolute Gasteiger partial charge is 0.350 e. The van der Waals surface area contributed by atoms with Crippen LogP contribution in [0.25, 0.3) is 11.1 Å². The number of hydrogen-bond donors (Lipinski definition) is 2. The molecule has 0 spiro atoms. The lowest BCUT2D eigenvalue weighted by atomic mass is 10.1. The SMILES string of the molecule is CC[C@H](C)NC(=O)c1cccc(Nc2ncc(-c3cccc(C)c3)cn2)c1. The first-order valence-electron chi connectivity index (χ1n) is 9.12. The average Bonchev–Trinajstić information content (AvgIpc) is 2.68. The Labute approximate surface area is 159 Å². The molecule has 1 atom stereocenters. The van der Waals surface area contributed by atoms with Gasteiger partial charge < -0.3 is 10.6 Å². The Hall–Kier alpha value is -3.21. The molecule has 2 aromatic carbocycles. The molecule has 0 aliphatic rings. The van der Waals surface area contributed by atoms with E-state index in [-0.39, 0.29) is 11.9 Å². The number of aryl methyl sites for hydroxylation is 1. The molecule has 0 saturated carbocycles. The normalized spacial score (nSPS) is 11.7. The van der Waals surface area contributed by atoms with Crippen LogP contribution in [0.1, 0.15) is 36.2 Å². The van der Waals surface area contributed by atoms with Gasteiger partial charge in [-0.25, -0.2) is 9.97 Å². The highest BCUT2D eigenvalue weighted by Gasteiger charge is 2.09. The van der Waals surface area contributed by atoms with Crippen molar-refractivity contribution < 1.29 is 4.79 Å². The first-order valence-corrected chi connectivity index (χ1v) is 9.12. The van der Waals surface area contributed by atoms with Crippen molar-refractivity contribution in [3.8, 4) is 11.1 Å². The fraction of sp³-hybridized carbons (Fsp3) is 0.227. The minimum absolute atomic E-state index is 0.0799. The van der Waals surface area contributed by atoms with Crippen molar-refractivity contribution in [1.29, 1.82) is 0 Å². The van der Waals surface area contributed by atoms with Crippen LogP contribution in [0.3, 0.4) is 0 Å². The maximum Gasteiger partial charge on any atom is 0.251 e. The first-order chi connectivity index (χ1) is 13.0. The summed E-state index contributed by atoms with van der Waals surface area (Å²) < 4.78 is 0. The Morgan fingerprint density at radius 1 is 1.04 bits per heavy atom. The van der Waals surface area contributed by atoms with E-state index in [1.807, 2.05) is 38.1 Å². The molecular formula is C22H24N4O. The summed E-state index contributed by atoms with van der Waals surface area (Å²) in [4.78, 5) is 21.1. The highest BCUT2D eigenvalue weighted by atomic mass is 16.1. The van der Waals surface area contributed by atoms with Crippen molar-refractivity contribution in [2.75, 3.05) is 5.32 Å². The zero-order chi connectivity index (χ0) is 19.2. The molecule has 0 aliphatic heterocycles. The van der Waals surface area contributed by atoms with Gasteiger partial charge in [0.05, 0.1) is 0 Å². The topological polar surface area (TPSA) is 66.9 Å². The van der Waals surface area contributed by atoms with Crippen LogP contribution in [0.4, 0.5) is 11.6 Å². The van der Waals surface area contributed by atoms with Crippen LogP contribution >= 0.6 is 0 Å². The predicted molar refractivity (Wildman–Crippen MR) is 109 cm³/mol. The van der Waals surface area contributed by atoms with Crippen molar-refractivity contribution in [2.24, 2.45) is 0 Å². The van der Waals surface area contributed by atoms with E-state index in [4.69, 9.17) is 0 Å². The van der Waals surface area contributed by atoms with E-state index < -0.39 is 0 Å². The summed E-state index contributed by atoms with van der Waals surface area (Å²) in [6, 6.07) is 15.7. The zero-order valence-corrected chi connectivity index (χ0v) is 15.9. The number of anilines is 2. The third-order valence-corrected chi connectivity index (χ3v) is 4.37. The molecule has 0 radical (unpaired) electrons. The number of aromatic nitrogens is 2. The molecule has 0 unspecified atom stereocenters. The predicted octanol–water partition coefficient (Wildman–Crippen LogP) is 4.72. The van der Waals surface area contributed by atoms with Gasteiger partial charge in [0.2, 0.25) is 5.95 Å². The zero-order valence-electron chi connectivity index (χ0n) is 15.9. The molecule has 138 valence electrons. The number of carbonyl (C=O) groups is 1. The molecule has 3 rings (SSSR count). The number of carbonyl (C=O) groups excluding carboxylic acids is 1. The second-order valence-electron chi connectivity index (χ2n) is 6.65. The highest BCUT2D eigenvalue weighted by Crippen LogP contribution is 2.20. The molecule has 3 aromatic rings. The number of hydrogen-bond acceptors (Lipinski definition) is 4. The van der Waals surface area contributed by atoms with E-state index in [0.29, 0.717) is 11.5 Å². The molecule has 1 heterocycles. The molecule has 0 fully saturated rings. The van der Waals surface area contributed by atoms with Crippen molar-refractivity contribution in [1.82, 2.24) is 15.3 Å². The number of nitrogens with one attached hydrogen (secondary N) is 2. The van der Waals surface area contributed by atoms with Crippen LogP contribution in [-0.2, 0) is 0 Å². The highest BCUT2D eigenvalue weighted by molar-refractivity contribution is 5.95. The van der Waals surface area contributed by atoms with Gasteiger partial charge in [-0.15, -0.1) is 0 Å². The summed E-state index contributed by atoms with van der Waals surface area (Å²) in [5.74, 6) is 0.412.